The van der Waals surface area contributed by atoms with Crippen LogP contribution in [0.5, 0.6) is 0 Å². The second-order valence-corrected chi connectivity index (χ2v) is 4.37. The summed E-state index contributed by atoms with van der Waals surface area (Å²) in [5.41, 5.74) is 1.03. The van der Waals surface area contributed by atoms with E-state index in [0.717, 1.165) is 11.7 Å². The summed E-state index contributed by atoms with van der Waals surface area (Å²) in [5.74, 6) is 0.877. The molecule has 1 aliphatic rings. The van der Waals surface area contributed by atoms with Gasteiger partial charge in [0, 0.05) is 19.3 Å². The Hall–Kier alpha value is -1.58. The second-order valence-electron chi connectivity index (χ2n) is 4.37. The van der Waals surface area contributed by atoms with Gasteiger partial charge < -0.3 is 10.6 Å². The van der Waals surface area contributed by atoms with Crippen LogP contribution in [0.4, 0.5) is 0 Å². The molecule has 2 N–H and O–H groups in total. The predicted octanol–water partition coefficient (Wildman–Crippen LogP) is 1.69. The van der Waals surface area contributed by atoms with Gasteiger partial charge in [0.15, 0.2) is 5.96 Å². The molecule has 1 heterocycles. The minimum absolute atomic E-state index is 0.588. The Bertz CT molecular complexity index is 355. The first-order valence-electron chi connectivity index (χ1n) is 6.25. The maximum absolute atomic E-state index is 4.27. The molecule has 0 radical (unpaired) electrons. The van der Waals surface area contributed by atoms with Crippen LogP contribution >= 0.6 is 0 Å². The molecule has 0 atom stereocenters. The summed E-state index contributed by atoms with van der Waals surface area (Å²) in [4.78, 5) is 8.50. The Morgan fingerprint density at radius 3 is 2.88 bits per heavy atom. The number of hydrogen-bond acceptors (Lipinski definition) is 2. The lowest BCUT2D eigenvalue weighted by atomic mass is 10.2. The number of nitrogens with one attached hydrogen (secondary N) is 2. The SMILES string of the molecule is CN=C(NCc1ccccn1)NC1CCCC1. The third-order valence-corrected chi connectivity index (χ3v) is 3.08. The van der Waals surface area contributed by atoms with Crippen LogP contribution in [0.15, 0.2) is 29.4 Å². The number of aliphatic imine (C=N–C) groups is 1. The summed E-state index contributed by atoms with van der Waals surface area (Å²) in [6.07, 6.45) is 6.97. The Morgan fingerprint density at radius 1 is 1.41 bits per heavy atom. The molecule has 1 aliphatic carbocycles. The molecule has 4 nitrogen and oxygen atoms in total. The molecule has 1 aromatic heterocycles. The fourth-order valence-electron chi connectivity index (χ4n) is 2.14. The monoisotopic (exact) mass is 232 g/mol. The Morgan fingerprint density at radius 2 is 2.24 bits per heavy atom. The van der Waals surface area contributed by atoms with E-state index in [-0.39, 0.29) is 0 Å². The minimum Gasteiger partial charge on any atom is -0.354 e. The molecule has 0 spiro atoms. The Labute approximate surface area is 103 Å². The zero-order valence-corrected chi connectivity index (χ0v) is 10.3. The summed E-state index contributed by atoms with van der Waals surface area (Å²) < 4.78 is 0. The van der Waals surface area contributed by atoms with Crippen molar-refractivity contribution in [2.45, 2.75) is 38.3 Å². The third kappa shape index (κ3) is 3.73. The molecule has 0 aliphatic heterocycles. The first-order valence-corrected chi connectivity index (χ1v) is 6.25. The normalized spacial score (nSPS) is 17.1. The molecule has 92 valence electrons. The lowest BCUT2D eigenvalue weighted by Gasteiger charge is -2.16. The van der Waals surface area contributed by atoms with E-state index in [4.69, 9.17) is 0 Å². The van der Waals surface area contributed by atoms with Crippen molar-refractivity contribution in [3.8, 4) is 0 Å². The number of rotatable bonds is 3. The minimum atomic E-state index is 0.588. The fraction of sp³-hybridized carbons (Fsp3) is 0.538. The molecule has 1 fully saturated rings. The van der Waals surface area contributed by atoms with Crippen LogP contribution < -0.4 is 10.6 Å². The van der Waals surface area contributed by atoms with Gasteiger partial charge in [-0.2, -0.15) is 0 Å². The largest absolute Gasteiger partial charge is 0.354 e. The van der Waals surface area contributed by atoms with Crippen molar-refractivity contribution in [3.05, 3.63) is 30.1 Å². The molecule has 1 saturated carbocycles. The number of nitrogens with zero attached hydrogens (tertiary/aromatic N) is 2. The van der Waals surface area contributed by atoms with Crippen LogP contribution in [0.25, 0.3) is 0 Å². The standard InChI is InChI=1S/C13H20N4/c1-14-13(17-11-6-2-3-7-11)16-10-12-8-4-5-9-15-12/h4-5,8-9,11H,2-3,6-7,10H2,1H3,(H2,14,16,17). The van der Waals surface area contributed by atoms with Crippen molar-refractivity contribution in [3.63, 3.8) is 0 Å². The molecule has 0 bridgehead atoms. The zero-order valence-electron chi connectivity index (χ0n) is 10.3. The highest BCUT2D eigenvalue weighted by Gasteiger charge is 2.15. The summed E-state index contributed by atoms with van der Waals surface area (Å²) >= 11 is 0. The van der Waals surface area contributed by atoms with Crippen LogP contribution in [-0.4, -0.2) is 24.0 Å². The van der Waals surface area contributed by atoms with E-state index in [0.29, 0.717) is 12.6 Å². The maximum Gasteiger partial charge on any atom is 0.191 e. The molecule has 2 rings (SSSR count). The van der Waals surface area contributed by atoms with Crippen molar-refractivity contribution in [2.75, 3.05) is 7.05 Å². The molecule has 4 heteroatoms. The topological polar surface area (TPSA) is 49.3 Å². The van der Waals surface area contributed by atoms with Crippen LogP contribution in [0.1, 0.15) is 31.4 Å². The van der Waals surface area contributed by atoms with Gasteiger partial charge in [-0.05, 0) is 25.0 Å². The first-order chi connectivity index (χ1) is 8.38. The second kappa shape index (κ2) is 6.23. The molecular formula is C13H20N4. The lowest BCUT2D eigenvalue weighted by molar-refractivity contribution is 0.612. The molecule has 1 aromatic rings. The third-order valence-electron chi connectivity index (χ3n) is 3.08. The summed E-state index contributed by atoms with van der Waals surface area (Å²) in [7, 11) is 1.81. The van der Waals surface area contributed by atoms with Gasteiger partial charge >= 0.3 is 0 Å². The van der Waals surface area contributed by atoms with E-state index in [1.165, 1.54) is 25.7 Å². The average molecular weight is 232 g/mol. The maximum atomic E-state index is 4.27. The van der Waals surface area contributed by atoms with Crippen LogP contribution in [-0.2, 0) is 6.54 Å². The highest BCUT2D eigenvalue weighted by atomic mass is 15.2. The van der Waals surface area contributed by atoms with Crippen molar-refractivity contribution in [2.24, 2.45) is 4.99 Å². The van der Waals surface area contributed by atoms with E-state index in [2.05, 4.69) is 20.6 Å². The van der Waals surface area contributed by atoms with Crippen molar-refractivity contribution >= 4 is 5.96 Å². The van der Waals surface area contributed by atoms with E-state index >= 15 is 0 Å². The van der Waals surface area contributed by atoms with Gasteiger partial charge in [-0.15, -0.1) is 0 Å². The van der Waals surface area contributed by atoms with Gasteiger partial charge in [-0.3, -0.25) is 9.98 Å². The number of pyridine rings is 1. The summed E-state index contributed by atoms with van der Waals surface area (Å²) in [6, 6.07) is 6.52. The van der Waals surface area contributed by atoms with Gasteiger partial charge in [0.25, 0.3) is 0 Å². The van der Waals surface area contributed by atoms with Crippen LogP contribution in [0, 0.1) is 0 Å². The predicted molar refractivity (Wildman–Crippen MR) is 69.8 cm³/mol. The van der Waals surface area contributed by atoms with Gasteiger partial charge in [0.1, 0.15) is 0 Å². The van der Waals surface area contributed by atoms with Gasteiger partial charge in [0.2, 0.25) is 0 Å². The van der Waals surface area contributed by atoms with E-state index < -0.39 is 0 Å². The highest BCUT2D eigenvalue weighted by Crippen LogP contribution is 2.17. The van der Waals surface area contributed by atoms with E-state index in [1.54, 1.807) is 0 Å². The Kier molecular flexibility index (Phi) is 4.36. The van der Waals surface area contributed by atoms with Crippen molar-refractivity contribution in [1.29, 1.82) is 0 Å². The molecular weight excluding hydrogens is 212 g/mol. The quantitative estimate of drug-likeness (QED) is 0.616. The van der Waals surface area contributed by atoms with Crippen LogP contribution in [0.3, 0.4) is 0 Å². The molecule has 0 unspecified atom stereocenters. The number of aromatic nitrogens is 1. The fourth-order valence-corrected chi connectivity index (χ4v) is 2.14. The lowest BCUT2D eigenvalue weighted by Crippen LogP contribution is -2.42. The smallest absolute Gasteiger partial charge is 0.191 e. The van der Waals surface area contributed by atoms with E-state index in [1.807, 2.05) is 31.4 Å². The summed E-state index contributed by atoms with van der Waals surface area (Å²) in [5, 5.41) is 6.74. The molecule has 0 aromatic carbocycles. The van der Waals surface area contributed by atoms with E-state index in [9.17, 15) is 0 Å². The Balaban J connectivity index is 1.80. The van der Waals surface area contributed by atoms with Crippen molar-refractivity contribution < 1.29 is 0 Å². The number of hydrogen-bond donors (Lipinski definition) is 2. The molecule has 0 amide bonds. The first kappa shape index (κ1) is 11.9. The van der Waals surface area contributed by atoms with Gasteiger partial charge in [0.05, 0.1) is 12.2 Å². The molecule has 0 saturated heterocycles. The van der Waals surface area contributed by atoms with Crippen molar-refractivity contribution in [1.82, 2.24) is 15.6 Å². The van der Waals surface area contributed by atoms with Crippen LogP contribution in [0.2, 0.25) is 0 Å². The van der Waals surface area contributed by atoms with Gasteiger partial charge in [-0.25, -0.2) is 0 Å². The van der Waals surface area contributed by atoms with Gasteiger partial charge in [-0.1, -0.05) is 18.9 Å². The number of guanidine groups is 1. The summed E-state index contributed by atoms with van der Waals surface area (Å²) in [6.45, 7) is 0.716. The zero-order chi connectivity index (χ0) is 11.9. The average Bonchev–Trinajstić information content (AvgIpc) is 2.88. The molecule has 17 heavy (non-hydrogen) atoms. The highest BCUT2D eigenvalue weighted by molar-refractivity contribution is 5.79.